The van der Waals surface area contributed by atoms with Crippen LogP contribution >= 0.6 is 0 Å². The second kappa shape index (κ2) is 10.8. The van der Waals surface area contributed by atoms with Crippen LogP contribution in [0.3, 0.4) is 0 Å². The van der Waals surface area contributed by atoms with E-state index in [2.05, 4.69) is 33.8 Å². The van der Waals surface area contributed by atoms with Crippen molar-refractivity contribution in [2.75, 3.05) is 26.3 Å². The number of carbonyl (C=O) groups is 1. The maximum absolute atomic E-state index is 13.6. The minimum atomic E-state index is -0.813. The van der Waals surface area contributed by atoms with Crippen molar-refractivity contribution in [1.82, 2.24) is 24.5 Å². The summed E-state index contributed by atoms with van der Waals surface area (Å²) in [7, 11) is 0. The van der Waals surface area contributed by atoms with Crippen molar-refractivity contribution in [2.24, 2.45) is 0 Å². The molecule has 1 saturated heterocycles. The van der Waals surface area contributed by atoms with Crippen molar-refractivity contribution < 1.29 is 14.3 Å². The molecule has 37 heavy (non-hydrogen) atoms. The van der Waals surface area contributed by atoms with Gasteiger partial charge in [-0.2, -0.15) is 9.50 Å². The molecule has 1 aliphatic heterocycles. The number of morpholine rings is 1. The zero-order valence-corrected chi connectivity index (χ0v) is 21.9. The minimum Gasteiger partial charge on any atom is -0.379 e. The van der Waals surface area contributed by atoms with Crippen LogP contribution in [-0.2, 0) is 20.9 Å². The molecule has 1 N–H and O–H groups in total. The van der Waals surface area contributed by atoms with E-state index in [1.165, 1.54) is 10.6 Å². The third-order valence-corrected chi connectivity index (χ3v) is 7.93. The maximum atomic E-state index is 13.6. The highest BCUT2D eigenvalue weighted by Gasteiger charge is 2.41. The first-order valence-corrected chi connectivity index (χ1v) is 13.4. The number of aromatic nitrogens is 4. The maximum Gasteiger partial charge on any atom is 0.274 e. The Morgan fingerprint density at radius 3 is 2.57 bits per heavy atom. The molecular formula is C28H37N5O4. The smallest absolute Gasteiger partial charge is 0.274 e. The number of aromatic amines is 1. The van der Waals surface area contributed by atoms with Crippen LogP contribution < -0.4 is 5.56 Å². The Kier molecular flexibility index (Phi) is 7.55. The minimum absolute atomic E-state index is 0.0764. The number of hydrogen-bond acceptors (Lipinski definition) is 7. The van der Waals surface area contributed by atoms with E-state index < -0.39 is 5.60 Å². The molecule has 0 unspecified atom stereocenters. The standard InChI is InChI=1S/C28H37N5O4/c1-27(2,32-15-17-36-18-16-32)14-11-23(34)28(12-7-4-8-13-28)37-20-22-19-24(35)33-26(29-22)30-25(31-33)21-9-5-3-6-10-21/h3,5-6,9-10,19H,4,7-8,11-18,20H2,1-2H3,(H,29,30,31). The van der Waals surface area contributed by atoms with Gasteiger partial charge in [-0.15, -0.1) is 0 Å². The number of Topliss-reactive ketones (excluding diaryl/α,β-unsaturated/α-hetero) is 1. The van der Waals surface area contributed by atoms with Gasteiger partial charge in [0.05, 0.1) is 25.5 Å². The summed E-state index contributed by atoms with van der Waals surface area (Å²) in [6.07, 6.45) is 5.72. The first kappa shape index (κ1) is 25.8. The molecule has 5 rings (SSSR count). The monoisotopic (exact) mass is 507 g/mol. The fourth-order valence-corrected chi connectivity index (χ4v) is 5.54. The van der Waals surface area contributed by atoms with E-state index in [1.54, 1.807) is 0 Å². The van der Waals surface area contributed by atoms with Crippen molar-refractivity contribution in [3.05, 3.63) is 52.4 Å². The molecule has 1 saturated carbocycles. The lowest BCUT2D eigenvalue weighted by Gasteiger charge is -2.42. The lowest BCUT2D eigenvalue weighted by molar-refractivity contribution is -0.153. The van der Waals surface area contributed by atoms with Gasteiger partial charge in [-0.25, -0.2) is 4.98 Å². The van der Waals surface area contributed by atoms with E-state index in [-0.39, 0.29) is 23.5 Å². The molecule has 198 valence electrons. The van der Waals surface area contributed by atoms with E-state index in [0.29, 0.717) is 36.6 Å². The summed E-state index contributed by atoms with van der Waals surface area (Å²) in [6.45, 7) is 7.80. The van der Waals surface area contributed by atoms with Crippen molar-refractivity contribution >= 4 is 11.6 Å². The molecule has 0 spiro atoms. The lowest BCUT2D eigenvalue weighted by atomic mass is 9.78. The number of fused-ring (bicyclic) bond motifs is 1. The molecule has 3 aromatic rings. The van der Waals surface area contributed by atoms with Crippen LogP contribution in [0.5, 0.6) is 0 Å². The normalized spacial score (nSPS) is 18.8. The van der Waals surface area contributed by atoms with Gasteiger partial charge in [-0.1, -0.05) is 49.6 Å². The summed E-state index contributed by atoms with van der Waals surface area (Å²) in [5.74, 6) is 1.03. The highest BCUT2D eigenvalue weighted by atomic mass is 16.5. The molecule has 2 fully saturated rings. The van der Waals surface area contributed by atoms with Crippen molar-refractivity contribution in [3.63, 3.8) is 0 Å². The molecule has 2 aliphatic rings. The van der Waals surface area contributed by atoms with Gasteiger partial charge < -0.3 is 9.47 Å². The summed E-state index contributed by atoms with van der Waals surface area (Å²) in [5, 5.41) is 3.02. The molecule has 3 heterocycles. The first-order chi connectivity index (χ1) is 17.9. The third-order valence-electron chi connectivity index (χ3n) is 7.93. The number of rotatable bonds is 9. The number of ether oxygens (including phenoxy) is 2. The lowest BCUT2D eigenvalue weighted by Crippen LogP contribution is -2.51. The fraction of sp³-hybridized carbons (Fsp3) is 0.571. The number of H-pyrrole nitrogens is 1. The molecule has 9 nitrogen and oxygen atoms in total. The van der Waals surface area contributed by atoms with Crippen molar-refractivity contribution in [1.29, 1.82) is 0 Å². The Morgan fingerprint density at radius 1 is 1.11 bits per heavy atom. The summed E-state index contributed by atoms with van der Waals surface area (Å²) < 4.78 is 13.2. The SMILES string of the molecule is CC(C)(CCC(=O)C1(OCc2cc(=O)n3[nH]c(-c4ccccc4)nc3n2)CCCCC1)N1CCOCC1. The molecule has 1 aliphatic carbocycles. The van der Waals surface area contributed by atoms with Crippen LogP contribution in [0.15, 0.2) is 41.2 Å². The van der Waals surface area contributed by atoms with Crippen LogP contribution in [0, 0.1) is 0 Å². The van der Waals surface area contributed by atoms with Crippen LogP contribution in [0.2, 0.25) is 0 Å². The molecule has 0 radical (unpaired) electrons. The number of carbonyl (C=O) groups excluding carboxylic acids is 1. The van der Waals surface area contributed by atoms with E-state index >= 15 is 0 Å². The molecule has 0 atom stereocenters. The van der Waals surface area contributed by atoms with Gasteiger partial charge in [-0.05, 0) is 33.1 Å². The Morgan fingerprint density at radius 2 is 1.84 bits per heavy atom. The van der Waals surface area contributed by atoms with Gasteiger partial charge in [0.15, 0.2) is 11.6 Å². The zero-order chi connectivity index (χ0) is 25.9. The highest BCUT2D eigenvalue weighted by molar-refractivity contribution is 5.87. The average Bonchev–Trinajstić information content (AvgIpc) is 3.37. The summed E-state index contributed by atoms with van der Waals surface area (Å²) in [6, 6.07) is 11.1. The Bertz CT molecular complexity index is 1270. The highest BCUT2D eigenvalue weighted by Crippen LogP contribution is 2.35. The molecule has 0 bridgehead atoms. The van der Waals surface area contributed by atoms with Gasteiger partial charge in [0.2, 0.25) is 0 Å². The van der Waals surface area contributed by atoms with Gasteiger partial charge in [-0.3, -0.25) is 19.6 Å². The summed E-state index contributed by atoms with van der Waals surface area (Å²) >= 11 is 0. The van der Waals surface area contributed by atoms with Crippen LogP contribution in [0.4, 0.5) is 0 Å². The second-order valence-electron chi connectivity index (χ2n) is 10.8. The van der Waals surface area contributed by atoms with Gasteiger partial charge in [0, 0.05) is 36.7 Å². The van der Waals surface area contributed by atoms with E-state index in [9.17, 15) is 9.59 Å². The number of nitrogens with zero attached hydrogens (tertiary/aromatic N) is 4. The number of ketones is 1. The number of hydrogen-bond donors (Lipinski definition) is 1. The predicted octanol–water partition coefficient (Wildman–Crippen LogP) is 3.76. The quantitative estimate of drug-likeness (QED) is 0.470. The van der Waals surface area contributed by atoms with Gasteiger partial charge in [0.1, 0.15) is 5.60 Å². The molecule has 1 aromatic carbocycles. The fourth-order valence-electron chi connectivity index (χ4n) is 5.54. The van der Waals surface area contributed by atoms with Crippen LogP contribution in [0.1, 0.15) is 64.5 Å². The first-order valence-electron chi connectivity index (χ1n) is 13.4. The number of benzene rings is 1. The number of nitrogens with one attached hydrogen (secondary N) is 1. The Labute approximate surface area is 217 Å². The van der Waals surface area contributed by atoms with Crippen LogP contribution in [0.25, 0.3) is 17.2 Å². The molecular weight excluding hydrogens is 470 g/mol. The average molecular weight is 508 g/mol. The van der Waals surface area contributed by atoms with Crippen molar-refractivity contribution in [2.45, 2.75) is 76.5 Å². The Hall–Kier alpha value is -2.88. The van der Waals surface area contributed by atoms with E-state index in [1.807, 2.05) is 30.3 Å². The molecule has 2 aromatic heterocycles. The summed E-state index contributed by atoms with van der Waals surface area (Å²) in [4.78, 5) is 37.9. The van der Waals surface area contributed by atoms with Gasteiger partial charge in [0.25, 0.3) is 11.3 Å². The molecule has 9 heteroatoms. The topological polar surface area (TPSA) is 102 Å². The van der Waals surface area contributed by atoms with Gasteiger partial charge >= 0.3 is 0 Å². The largest absolute Gasteiger partial charge is 0.379 e. The van der Waals surface area contributed by atoms with E-state index in [0.717, 1.165) is 57.6 Å². The molecule has 0 amide bonds. The van der Waals surface area contributed by atoms with E-state index in [4.69, 9.17) is 9.47 Å². The Balaban J connectivity index is 1.30. The predicted molar refractivity (Wildman–Crippen MR) is 140 cm³/mol. The second-order valence-corrected chi connectivity index (χ2v) is 10.8. The van der Waals surface area contributed by atoms with Crippen LogP contribution in [-0.4, -0.2) is 67.7 Å². The zero-order valence-electron chi connectivity index (χ0n) is 21.9. The third kappa shape index (κ3) is 5.68. The van der Waals surface area contributed by atoms with Crippen molar-refractivity contribution in [3.8, 4) is 11.4 Å². The summed E-state index contributed by atoms with van der Waals surface area (Å²) in [5.41, 5.74) is 0.217.